The van der Waals surface area contributed by atoms with Crippen molar-refractivity contribution in [1.29, 1.82) is 0 Å². The molecule has 1 nitrogen and oxygen atoms in total. The minimum Gasteiger partial charge on any atom is -0.248 e. The van der Waals surface area contributed by atoms with E-state index >= 15 is 0 Å². The van der Waals surface area contributed by atoms with E-state index in [1.54, 1.807) is 0 Å². The van der Waals surface area contributed by atoms with E-state index in [9.17, 15) is 0 Å². The van der Waals surface area contributed by atoms with Gasteiger partial charge in [-0.2, -0.15) is 0 Å². The molecule has 1 aromatic heterocycles. The van der Waals surface area contributed by atoms with Crippen LogP contribution in [0.1, 0.15) is 38.2 Å². The van der Waals surface area contributed by atoms with Gasteiger partial charge in [0.1, 0.15) is 0 Å². The van der Waals surface area contributed by atoms with Crippen molar-refractivity contribution in [3.63, 3.8) is 0 Å². The lowest BCUT2D eigenvalue weighted by Gasteiger charge is -2.24. The molecule has 234 valence electrons. The summed E-state index contributed by atoms with van der Waals surface area (Å²) in [6.45, 7) is 2.25. The van der Waals surface area contributed by atoms with Crippen LogP contribution >= 0.6 is 0 Å². The zero-order valence-corrected chi connectivity index (χ0v) is 27.8. The van der Waals surface area contributed by atoms with Crippen LogP contribution in [0.25, 0.3) is 66.3 Å². The topological polar surface area (TPSA) is 12.9 Å². The smallest absolute Gasteiger partial charge is 0.0709 e. The van der Waals surface area contributed by atoms with Gasteiger partial charge in [0.2, 0.25) is 0 Å². The van der Waals surface area contributed by atoms with Gasteiger partial charge in [0.05, 0.1) is 11.4 Å². The highest BCUT2D eigenvalue weighted by atomic mass is 14.7. The van der Waals surface area contributed by atoms with Gasteiger partial charge in [-0.05, 0) is 116 Å². The van der Waals surface area contributed by atoms with Crippen molar-refractivity contribution < 1.29 is 0 Å². The lowest BCUT2D eigenvalue weighted by atomic mass is 9.80. The third kappa shape index (κ3) is 5.23. The van der Waals surface area contributed by atoms with E-state index in [0.717, 1.165) is 48.2 Å². The van der Waals surface area contributed by atoms with Gasteiger partial charge >= 0.3 is 0 Å². The Kier molecular flexibility index (Phi) is 7.39. The van der Waals surface area contributed by atoms with Gasteiger partial charge < -0.3 is 0 Å². The van der Waals surface area contributed by atoms with E-state index in [1.165, 1.54) is 71.0 Å². The number of fused-ring (bicyclic) bond motifs is 3. The Morgan fingerprint density at radius 3 is 1.61 bits per heavy atom. The van der Waals surface area contributed by atoms with Gasteiger partial charge in [0, 0.05) is 11.1 Å². The first kappa shape index (κ1) is 29.4. The maximum Gasteiger partial charge on any atom is 0.0709 e. The van der Waals surface area contributed by atoms with Crippen molar-refractivity contribution in [3.8, 4) is 33.6 Å². The Balaban J connectivity index is 1.27. The van der Waals surface area contributed by atoms with Crippen molar-refractivity contribution in [2.24, 2.45) is 0 Å². The monoisotopic (exact) mass is 627 g/mol. The lowest BCUT2D eigenvalue weighted by Crippen LogP contribution is -2.33. The summed E-state index contributed by atoms with van der Waals surface area (Å²) in [5, 5.41) is 7.98. The molecule has 0 unspecified atom stereocenters. The standard InChI is InChI=1S/C48H37N/c1-32-25-27-33(28-26-32)37-29-30-44(39-18-6-5-17-38(37)39)48-42-21-9-7-19-40(42)47(41-20-8-10-22-43(41)48)36-16-11-15-35(31-36)46-24-12-23-45(49-46)34-13-3-2-4-14-34/h2-25,27,31H,26,28-30H2,1H3. The molecule has 0 saturated carbocycles. The molecule has 0 spiro atoms. The van der Waals surface area contributed by atoms with Crippen LogP contribution in [0.4, 0.5) is 0 Å². The number of hydrogen-bond donors (Lipinski definition) is 0. The maximum atomic E-state index is 5.10. The van der Waals surface area contributed by atoms with E-state index in [1.807, 2.05) is 6.07 Å². The van der Waals surface area contributed by atoms with Crippen LogP contribution in [0.5, 0.6) is 0 Å². The van der Waals surface area contributed by atoms with Gasteiger partial charge in [0.15, 0.2) is 0 Å². The quantitative estimate of drug-likeness (QED) is 0.173. The van der Waals surface area contributed by atoms with Crippen molar-refractivity contribution in [2.45, 2.75) is 32.6 Å². The second-order valence-electron chi connectivity index (χ2n) is 13.4. The normalized spacial score (nSPS) is 14.5. The van der Waals surface area contributed by atoms with Crippen molar-refractivity contribution >= 4 is 32.7 Å². The maximum absolute atomic E-state index is 5.10. The number of benzene rings is 6. The third-order valence-corrected chi connectivity index (χ3v) is 10.4. The zero-order chi connectivity index (χ0) is 32.7. The summed E-state index contributed by atoms with van der Waals surface area (Å²) >= 11 is 0. The molecule has 0 radical (unpaired) electrons. The molecular formula is C48H37N. The van der Waals surface area contributed by atoms with Crippen LogP contribution in [-0.4, -0.2) is 4.98 Å². The lowest BCUT2D eigenvalue weighted by molar-refractivity contribution is 0.908. The van der Waals surface area contributed by atoms with Crippen molar-refractivity contribution in [3.05, 3.63) is 185 Å². The van der Waals surface area contributed by atoms with Gasteiger partial charge in [-0.25, -0.2) is 4.98 Å². The molecule has 0 saturated heterocycles. The van der Waals surface area contributed by atoms with Crippen molar-refractivity contribution in [2.75, 3.05) is 0 Å². The largest absolute Gasteiger partial charge is 0.248 e. The first-order valence-electron chi connectivity index (χ1n) is 17.5. The molecule has 1 heteroatoms. The second kappa shape index (κ2) is 12.3. The van der Waals surface area contributed by atoms with Crippen LogP contribution in [0, 0.1) is 0 Å². The van der Waals surface area contributed by atoms with Gasteiger partial charge in [-0.1, -0.05) is 145 Å². The van der Waals surface area contributed by atoms with Crippen LogP contribution in [0.15, 0.2) is 169 Å². The minimum atomic E-state index is 0.980. The summed E-state index contributed by atoms with van der Waals surface area (Å²) in [5.74, 6) is 0. The molecule has 0 amide bonds. The summed E-state index contributed by atoms with van der Waals surface area (Å²) in [6.07, 6.45) is 9.06. The SMILES string of the molecule is CC1=CC=C(C2=c3ccccc3=C(c3c4ccccc4c(-c4cccc(-c5cccc(-c6ccccc6)n5)c4)c4ccccc34)CC2)CC1. The fraction of sp³-hybridized carbons (Fsp3) is 0.104. The van der Waals surface area contributed by atoms with Gasteiger partial charge in [-0.3, -0.25) is 0 Å². The predicted octanol–water partition coefficient (Wildman–Crippen LogP) is 11.2. The molecule has 0 bridgehead atoms. The van der Waals surface area contributed by atoms with Crippen LogP contribution < -0.4 is 10.4 Å². The first-order valence-corrected chi connectivity index (χ1v) is 17.5. The molecule has 6 aromatic carbocycles. The molecule has 49 heavy (non-hydrogen) atoms. The molecule has 0 aliphatic heterocycles. The highest BCUT2D eigenvalue weighted by molar-refractivity contribution is 6.19. The predicted molar refractivity (Wildman–Crippen MR) is 207 cm³/mol. The minimum absolute atomic E-state index is 0.980. The number of aromatic nitrogens is 1. The number of rotatable bonds is 5. The summed E-state index contributed by atoms with van der Waals surface area (Å²) in [7, 11) is 0. The van der Waals surface area contributed by atoms with E-state index in [2.05, 4.69) is 159 Å². The molecule has 0 N–H and O–H groups in total. The third-order valence-electron chi connectivity index (χ3n) is 10.4. The Bertz CT molecular complexity index is 2540. The average molecular weight is 628 g/mol. The summed E-state index contributed by atoms with van der Waals surface area (Å²) in [5.41, 5.74) is 14.0. The van der Waals surface area contributed by atoms with Gasteiger partial charge in [-0.15, -0.1) is 0 Å². The summed E-state index contributed by atoms with van der Waals surface area (Å²) in [6, 6.07) is 52.9. The number of allylic oxidation sites excluding steroid dienone is 4. The highest BCUT2D eigenvalue weighted by Gasteiger charge is 2.22. The van der Waals surface area contributed by atoms with Crippen molar-refractivity contribution in [1.82, 2.24) is 4.98 Å². The Hall–Kier alpha value is -5.79. The number of hydrogen-bond acceptors (Lipinski definition) is 1. The Morgan fingerprint density at radius 2 is 0.939 bits per heavy atom. The molecule has 0 fully saturated rings. The molecular weight excluding hydrogens is 591 g/mol. The zero-order valence-electron chi connectivity index (χ0n) is 27.8. The molecule has 0 atom stereocenters. The van der Waals surface area contributed by atoms with E-state index in [0.29, 0.717) is 0 Å². The van der Waals surface area contributed by atoms with E-state index in [4.69, 9.17) is 4.98 Å². The number of pyridine rings is 1. The Labute approximate surface area is 287 Å². The Morgan fingerprint density at radius 1 is 0.408 bits per heavy atom. The first-order chi connectivity index (χ1) is 24.2. The van der Waals surface area contributed by atoms with Gasteiger partial charge in [0.25, 0.3) is 0 Å². The van der Waals surface area contributed by atoms with Crippen LogP contribution in [0.2, 0.25) is 0 Å². The highest BCUT2D eigenvalue weighted by Crippen LogP contribution is 2.43. The average Bonchev–Trinajstić information content (AvgIpc) is 3.17. The van der Waals surface area contributed by atoms with E-state index < -0.39 is 0 Å². The fourth-order valence-corrected chi connectivity index (χ4v) is 8.08. The van der Waals surface area contributed by atoms with E-state index in [-0.39, 0.29) is 0 Å². The fourth-order valence-electron chi connectivity index (χ4n) is 8.08. The molecule has 7 aromatic rings. The second-order valence-corrected chi connectivity index (χ2v) is 13.4. The molecule has 2 aliphatic carbocycles. The number of nitrogens with zero attached hydrogens (tertiary/aromatic N) is 1. The molecule has 1 heterocycles. The summed E-state index contributed by atoms with van der Waals surface area (Å²) < 4.78 is 0. The van der Waals surface area contributed by atoms with Crippen LogP contribution in [-0.2, 0) is 0 Å². The van der Waals surface area contributed by atoms with Crippen LogP contribution in [0.3, 0.4) is 0 Å². The molecule has 2 aliphatic rings. The molecule has 9 rings (SSSR count). The summed E-state index contributed by atoms with van der Waals surface area (Å²) in [4.78, 5) is 5.10.